The molecule has 1 aromatic heterocycles. The summed E-state index contributed by atoms with van der Waals surface area (Å²) in [5.41, 5.74) is 3.32. The minimum atomic E-state index is -0.203. The molecule has 1 saturated heterocycles. The van der Waals surface area contributed by atoms with Gasteiger partial charge in [0.2, 0.25) is 0 Å². The fraction of sp³-hybridized carbons (Fsp3) is 0.444. The predicted octanol–water partition coefficient (Wildman–Crippen LogP) is 2.61. The lowest BCUT2D eigenvalue weighted by atomic mass is 10.1. The van der Waals surface area contributed by atoms with E-state index in [4.69, 9.17) is 9.47 Å². The minimum absolute atomic E-state index is 0.0269. The average molecular weight is 361 g/mol. The Balaban J connectivity index is 1.46. The number of aromatic nitrogens is 1. The number of amides is 1. The maximum Gasteiger partial charge on any atom is 0.264 e. The van der Waals surface area contributed by atoms with Crippen LogP contribution in [0.4, 0.5) is 5.13 Å². The molecular formula is C18H23N3O3S. The molecule has 0 atom stereocenters. The van der Waals surface area contributed by atoms with Crippen LogP contribution in [0.2, 0.25) is 0 Å². The molecule has 0 unspecified atom stereocenters. The average Bonchev–Trinajstić information content (AvgIpc) is 3.03. The Morgan fingerprint density at radius 2 is 2.12 bits per heavy atom. The van der Waals surface area contributed by atoms with Gasteiger partial charge < -0.3 is 9.47 Å². The van der Waals surface area contributed by atoms with Crippen LogP contribution in [0.3, 0.4) is 0 Å². The molecule has 2 heterocycles. The summed E-state index contributed by atoms with van der Waals surface area (Å²) in [6.07, 6.45) is 0. The van der Waals surface area contributed by atoms with Crippen LogP contribution in [0.15, 0.2) is 23.6 Å². The molecule has 1 aliphatic heterocycles. The third-order valence-electron chi connectivity index (χ3n) is 4.14. The summed E-state index contributed by atoms with van der Waals surface area (Å²) in [4.78, 5) is 18.8. The Hall–Kier alpha value is -1.96. The number of nitrogens with zero attached hydrogens (tertiary/aromatic N) is 2. The number of ether oxygens (including phenoxy) is 2. The van der Waals surface area contributed by atoms with Crippen molar-refractivity contribution in [1.82, 2.24) is 9.88 Å². The molecule has 25 heavy (non-hydrogen) atoms. The maximum absolute atomic E-state index is 12.0. The van der Waals surface area contributed by atoms with Gasteiger partial charge in [0, 0.05) is 25.0 Å². The van der Waals surface area contributed by atoms with E-state index in [9.17, 15) is 4.79 Å². The van der Waals surface area contributed by atoms with Crippen molar-refractivity contribution >= 4 is 22.4 Å². The van der Waals surface area contributed by atoms with Crippen molar-refractivity contribution in [2.24, 2.45) is 0 Å². The first-order chi connectivity index (χ1) is 12.1. The molecule has 1 fully saturated rings. The van der Waals surface area contributed by atoms with Gasteiger partial charge in [0.05, 0.1) is 18.9 Å². The van der Waals surface area contributed by atoms with Gasteiger partial charge in [-0.25, -0.2) is 4.98 Å². The highest BCUT2D eigenvalue weighted by molar-refractivity contribution is 7.13. The Morgan fingerprint density at radius 1 is 1.32 bits per heavy atom. The molecule has 1 aromatic carbocycles. The number of morpholine rings is 1. The summed E-state index contributed by atoms with van der Waals surface area (Å²) >= 11 is 1.44. The van der Waals surface area contributed by atoms with Crippen LogP contribution < -0.4 is 10.1 Å². The molecule has 7 heteroatoms. The molecule has 1 aliphatic rings. The van der Waals surface area contributed by atoms with Crippen LogP contribution in [0, 0.1) is 13.8 Å². The van der Waals surface area contributed by atoms with E-state index in [-0.39, 0.29) is 12.5 Å². The summed E-state index contributed by atoms with van der Waals surface area (Å²) < 4.78 is 10.9. The molecule has 0 radical (unpaired) electrons. The number of anilines is 1. The van der Waals surface area contributed by atoms with Gasteiger partial charge in [-0.2, -0.15) is 0 Å². The number of carbonyl (C=O) groups excluding carboxylic acids is 1. The fourth-order valence-corrected chi connectivity index (χ4v) is 3.25. The molecule has 6 nitrogen and oxygen atoms in total. The molecule has 134 valence electrons. The molecule has 2 aromatic rings. The van der Waals surface area contributed by atoms with E-state index in [2.05, 4.69) is 15.2 Å². The summed E-state index contributed by atoms with van der Waals surface area (Å²) in [5.74, 6) is 0.496. The van der Waals surface area contributed by atoms with Crippen LogP contribution in [0.1, 0.15) is 16.8 Å². The first-order valence-corrected chi connectivity index (χ1v) is 9.22. The van der Waals surface area contributed by atoms with Crippen LogP contribution in [0.5, 0.6) is 5.75 Å². The Morgan fingerprint density at radius 3 is 2.88 bits per heavy atom. The molecule has 3 rings (SSSR count). The number of benzene rings is 1. The maximum atomic E-state index is 12.0. The number of carbonyl (C=O) groups is 1. The van der Waals surface area contributed by atoms with E-state index in [1.807, 2.05) is 37.4 Å². The van der Waals surface area contributed by atoms with Gasteiger partial charge in [0.25, 0.3) is 5.91 Å². The molecule has 0 bridgehead atoms. The highest BCUT2D eigenvalue weighted by atomic mass is 32.1. The standard InChI is InChI=1S/C18H23N3O3S/c1-13-3-4-16(9-14(13)2)24-11-17(22)20-18-19-15(12-25-18)10-21-5-7-23-8-6-21/h3-4,9,12H,5-8,10-11H2,1-2H3,(H,19,20,22). The highest BCUT2D eigenvalue weighted by Crippen LogP contribution is 2.18. The molecule has 1 amide bonds. The Kier molecular flexibility index (Phi) is 6.01. The first kappa shape index (κ1) is 17.8. The second-order valence-corrected chi connectivity index (χ2v) is 6.97. The third-order valence-corrected chi connectivity index (χ3v) is 4.94. The first-order valence-electron chi connectivity index (χ1n) is 8.34. The normalized spacial score (nSPS) is 15.1. The molecule has 0 aliphatic carbocycles. The van der Waals surface area contributed by atoms with Crippen LogP contribution in [-0.4, -0.2) is 48.7 Å². The van der Waals surface area contributed by atoms with Gasteiger partial charge in [-0.1, -0.05) is 6.07 Å². The van der Waals surface area contributed by atoms with Crippen LogP contribution in [-0.2, 0) is 16.1 Å². The Bertz CT molecular complexity index is 726. The van der Waals surface area contributed by atoms with E-state index < -0.39 is 0 Å². The number of thiazole rings is 1. The van der Waals surface area contributed by atoms with Crippen molar-refractivity contribution in [1.29, 1.82) is 0 Å². The second kappa shape index (κ2) is 8.42. The van der Waals surface area contributed by atoms with Crippen LogP contribution in [0.25, 0.3) is 0 Å². The minimum Gasteiger partial charge on any atom is -0.484 e. The van der Waals surface area contributed by atoms with E-state index in [1.165, 1.54) is 16.9 Å². The topological polar surface area (TPSA) is 63.7 Å². The SMILES string of the molecule is Cc1ccc(OCC(=O)Nc2nc(CN3CCOCC3)cs2)cc1C. The lowest BCUT2D eigenvalue weighted by Gasteiger charge is -2.25. The van der Waals surface area contributed by atoms with Gasteiger partial charge in [-0.05, 0) is 37.1 Å². The lowest BCUT2D eigenvalue weighted by Crippen LogP contribution is -2.35. The number of rotatable bonds is 6. The smallest absolute Gasteiger partial charge is 0.264 e. The second-order valence-electron chi connectivity index (χ2n) is 6.12. The van der Waals surface area contributed by atoms with Gasteiger partial charge in [-0.15, -0.1) is 11.3 Å². The summed E-state index contributed by atoms with van der Waals surface area (Å²) in [7, 11) is 0. The molecule has 0 spiro atoms. The summed E-state index contributed by atoms with van der Waals surface area (Å²) in [6.45, 7) is 8.20. The van der Waals surface area contributed by atoms with Gasteiger partial charge in [0.1, 0.15) is 5.75 Å². The number of hydrogen-bond donors (Lipinski definition) is 1. The number of hydrogen-bond acceptors (Lipinski definition) is 6. The zero-order valence-electron chi connectivity index (χ0n) is 14.6. The van der Waals surface area contributed by atoms with Crippen molar-refractivity contribution in [2.45, 2.75) is 20.4 Å². The third kappa shape index (κ3) is 5.26. The van der Waals surface area contributed by atoms with Gasteiger partial charge in [0.15, 0.2) is 11.7 Å². The highest BCUT2D eigenvalue weighted by Gasteiger charge is 2.13. The van der Waals surface area contributed by atoms with Crippen LogP contribution >= 0.6 is 11.3 Å². The summed E-state index contributed by atoms with van der Waals surface area (Å²) in [6, 6.07) is 5.80. The van der Waals surface area contributed by atoms with E-state index >= 15 is 0 Å². The zero-order chi connectivity index (χ0) is 17.6. The Labute approximate surface area is 151 Å². The quantitative estimate of drug-likeness (QED) is 0.857. The van der Waals surface area contributed by atoms with E-state index in [0.717, 1.165) is 44.1 Å². The molecular weight excluding hydrogens is 338 g/mol. The van der Waals surface area contributed by atoms with Crippen molar-refractivity contribution in [2.75, 3.05) is 38.2 Å². The number of nitrogens with one attached hydrogen (secondary N) is 1. The van der Waals surface area contributed by atoms with Crippen molar-refractivity contribution in [3.63, 3.8) is 0 Å². The van der Waals surface area contributed by atoms with E-state index in [1.54, 1.807) is 0 Å². The lowest BCUT2D eigenvalue weighted by molar-refractivity contribution is -0.118. The molecule has 1 N–H and O–H groups in total. The van der Waals surface area contributed by atoms with E-state index in [0.29, 0.717) is 10.9 Å². The van der Waals surface area contributed by atoms with Crippen molar-refractivity contribution in [3.05, 3.63) is 40.4 Å². The van der Waals surface area contributed by atoms with Gasteiger partial charge in [-0.3, -0.25) is 15.0 Å². The zero-order valence-corrected chi connectivity index (χ0v) is 15.4. The largest absolute Gasteiger partial charge is 0.484 e. The molecule has 0 saturated carbocycles. The van der Waals surface area contributed by atoms with Crippen molar-refractivity contribution < 1.29 is 14.3 Å². The predicted molar refractivity (Wildman–Crippen MR) is 98.3 cm³/mol. The monoisotopic (exact) mass is 361 g/mol. The number of aryl methyl sites for hydroxylation is 2. The van der Waals surface area contributed by atoms with Crippen molar-refractivity contribution in [3.8, 4) is 5.75 Å². The summed E-state index contributed by atoms with van der Waals surface area (Å²) in [5, 5.41) is 5.39. The fourth-order valence-electron chi connectivity index (χ4n) is 2.53. The van der Waals surface area contributed by atoms with Gasteiger partial charge >= 0.3 is 0 Å².